The molecule has 0 unspecified atom stereocenters. The molecule has 0 N–H and O–H groups in total. The van der Waals surface area contributed by atoms with Crippen molar-refractivity contribution in [3.8, 4) is 11.3 Å². The zero-order valence-electron chi connectivity index (χ0n) is 18.5. The van der Waals surface area contributed by atoms with Crippen molar-refractivity contribution in [1.29, 1.82) is 0 Å². The maximum Gasteiger partial charge on any atom is 0.175 e. The Morgan fingerprint density at radius 1 is 1.03 bits per heavy atom. The summed E-state index contributed by atoms with van der Waals surface area (Å²) >= 11 is 0. The van der Waals surface area contributed by atoms with Crippen molar-refractivity contribution in [2.75, 3.05) is 6.26 Å². The summed E-state index contributed by atoms with van der Waals surface area (Å²) in [7, 11) is -3.29. The van der Waals surface area contributed by atoms with Crippen molar-refractivity contribution < 1.29 is 8.42 Å². The predicted molar refractivity (Wildman–Crippen MR) is 126 cm³/mol. The van der Waals surface area contributed by atoms with E-state index in [1.807, 2.05) is 24.4 Å². The van der Waals surface area contributed by atoms with Crippen molar-refractivity contribution >= 4 is 20.7 Å². The fourth-order valence-electron chi connectivity index (χ4n) is 4.83. The molecule has 7 heteroatoms. The number of nitrogens with zero attached hydrogens (tertiary/aromatic N) is 4. The Morgan fingerprint density at radius 3 is 2.56 bits per heavy atom. The van der Waals surface area contributed by atoms with Gasteiger partial charge in [-0.15, -0.1) is 0 Å². The molecule has 1 aliphatic rings. The Labute approximate surface area is 188 Å². The first kappa shape index (κ1) is 20.9. The lowest BCUT2D eigenvalue weighted by Gasteiger charge is -2.11. The minimum Gasteiger partial charge on any atom is -0.268 e. The molecule has 0 bridgehead atoms. The number of rotatable bonds is 6. The van der Waals surface area contributed by atoms with Crippen LogP contribution in [0.5, 0.6) is 0 Å². The molecule has 0 atom stereocenters. The summed E-state index contributed by atoms with van der Waals surface area (Å²) in [5.41, 5.74) is 5.01. The van der Waals surface area contributed by atoms with Gasteiger partial charge >= 0.3 is 0 Å². The van der Waals surface area contributed by atoms with Crippen LogP contribution in [0.15, 0.2) is 59.6 Å². The Hall–Kier alpha value is -2.93. The van der Waals surface area contributed by atoms with Crippen LogP contribution in [0.4, 0.5) is 0 Å². The molecule has 0 amide bonds. The third-order valence-electron chi connectivity index (χ3n) is 6.43. The van der Waals surface area contributed by atoms with Crippen LogP contribution in [0.25, 0.3) is 22.2 Å². The normalized spacial score (nSPS) is 15.1. The second-order valence-corrected chi connectivity index (χ2v) is 10.7. The molecule has 2 aromatic heterocycles. The van der Waals surface area contributed by atoms with Gasteiger partial charge in [-0.2, -0.15) is 10.2 Å². The van der Waals surface area contributed by atoms with E-state index in [0.29, 0.717) is 17.5 Å². The summed E-state index contributed by atoms with van der Waals surface area (Å²) in [5, 5.41) is 10.9. The van der Waals surface area contributed by atoms with Gasteiger partial charge < -0.3 is 0 Å². The van der Waals surface area contributed by atoms with Crippen LogP contribution >= 0.6 is 0 Å². The SMILES string of the molecule is CCc1nn(C2CCCC2)c2cc(-c3ccn(Cc4ccccc4S(C)(=O)=O)n3)ccc12. The lowest BCUT2D eigenvalue weighted by atomic mass is 10.1. The number of aromatic nitrogens is 4. The summed E-state index contributed by atoms with van der Waals surface area (Å²) in [6, 6.07) is 16.1. The zero-order valence-corrected chi connectivity index (χ0v) is 19.3. The molecule has 0 aliphatic heterocycles. The molecule has 1 aliphatic carbocycles. The Morgan fingerprint density at radius 2 is 1.81 bits per heavy atom. The first-order chi connectivity index (χ1) is 15.4. The van der Waals surface area contributed by atoms with Gasteiger partial charge in [0.05, 0.1) is 34.4 Å². The highest BCUT2D eigenvalue weighted by molar-refractivity contribution is 7.90. The number of fused-ring (bicyclic) bond motifs is 1. The van der Waals surface area contributed by atoms with E-state index in [2.05, 4.69) is 29.8 Å². The Bertz CT molecular complexity index is 1380. The lowest BCUT2D eigenvalue weighted by molar-refractivity contribution is 0.478. The number of benzene rings is 2. The number of sulfone groups is 1. The topological polar surface area (TPSA) is 69.8 Å². The first-order valence-electron chi connectivity index (χ1n) is 11.3. The molecule has 32 heavy (non-hydrogen) atoms. The predicted octanol–water partition coefficient (Wildman–Crippen LogP) is 5.03. The fourth-order valence-corrected chi connectivity index (χ4v) is 5.76. The highest BCUT2D eigenvalue weighted by atomic mass is 32.2. The average molecular weight is 449 g/mol. The van der Waals surface area contributed by atoms with Crippen LogP contribution in [0.3, 0.4) is 0 Å². The molecule has 5 rings (SSSR count). The van der Waals surface area contributed by atoms with E-state index in [4.69, 9.17) is 10.2 Å². The summed E-state index contributed by atoms with van der Waals surface area (Å²) in [5.74, 6) is 0. The van der Waals surface area contributed by atoms with E-state index in [9.17, 15) is 8.42 Å². The van der Waals surface area contributed by atoms with Crippen LogP contribution < -0.4 is 0 Å². The van der Waals surface area contributed by atoms with E-state index in [1.165, 1.54) is 42.8 Å². The smallest absolute Gasteiger partial charge is 0.175 e. The van der Waals surface area contributed by atoms with Crippen molar-refractivity contribution in [1.82, 2.24) is 19.6 Å². The molecule has 1 fully saturated rings. The van der Waals surface area contributed by atoms with E-state index in [-0.39, 0.29) is 0 Å². The van der Waals surface area contributed by atoms with Gasteiger partial charge in [0, 0.05) is 23.4 Å². The molecule has 1 saturated carbocycles. The van der Waals surface area contributed by atoms with E-state index in [1.54, 1.807) is 16.8 Å². The average Bonchev–Trinajstić information content (AvgIpc) is 3.52. The molecule has 166 valence electrons. The number of hydrogen-bond acceptors (Lipinski definition) is 4. The molecule has 0 radical (unpaired) electrons. The van der Waals surface area contributed by atoms with Crippen LogP contribution in [0.2, 0.25) is 0 Å². The van der Waals surface area contributed by atoms with Gasteiger partial charge in [0.1, 0.15) is 0 Å². The molecule has 2 heterocycles. The van der Waals surface area contributed by atoms with Gasteiger partial charge in [-0.25, -0.2) is 8.42 Å². The van der Waals surface area contributed by atoms with Crippen LogP contribution in [-0.2, 0) is 22.8 Å². The second kappa shape index (κ2) is 8.20. The summed E-state index contributed by atoms with van der Waals surface area (Å²) in [6.45, 7) is 2.57. The summed E-state index contributed by atoms with van der Waals surface area (Å²) in [4.78, 5) is 0.353. The Kier molecular flexibility index (Phi) is 5.37. The van der Waals surface area contributed by atoms with Crippen molar-refractivity contribution in [2.45, 2.75) is 56.5 Å². The van der Waals surface area contributed by atoms with E-state index in [0.717, 1.165) is 28.9 Å². The third-order valence-corrected chi connectivity index (χ3v) is 7.63. The maximum absolute atomic E-state index is 12.1. The van der Waals surface area contributed by atoms with Crippen LogP contribution in [-0.4, -0.2) is 34.2 Å². The standard InChI is InChI=1S/C25H28N4O2S/c1-3-22-21-13-12-18(16-24(21)29(27-22)20-9-5-6-10-20)23-14-15-28(26-23)17-19-8-4-7-11-25(19)32(2,30)31/h4,7-8,11-16,20H,3,5-6,9-10,17H2,1-2H3. The van der Waals surface area contributed by atoms with Crippen molar-refractivity contribution in [3.63, 3.8) is 0 Å². The minimum absolute atomic E-state index is 0.353. The van der Waals surface area contributed by atoms with Gasteiger partial charge in [0.25, 0.3) is 0 Å². The zero-order chi connectivity index (χ0) is 22.3. The maximum atomic E-state index is 12.1. The lowest BCUT2D eigenvalue weighted by Crippen LogP contribution is -2.07. The third kappa shape index (κ3) is 3.86. The highest BCUT2D eigenvalue weighted by Gasteiger charge is 2.22. The van der Waals surface area contributed by atoms with E-state index >= 15 is 0 Å². The van der Waals surface area contributed by atoms with Crippen LogP contribution in [0, 0.1) is 0 Å². The summed E-state index contributed by atoms with van der Waals surface area (Å²) < 4.78 is 28.3. The largest absolute Gasteiger partial charge is 0.268 e. The number of aryl methyl sites for hydroxylation is 1. The molecule has 0 spiro atoms. The molecular formula is C25H28N4O2S. The van der Waals surface area contributed by atoms with Gasteiger partial charge in [0.15, 0.2) is 9.84 Å². The van der Waals surface area contributed by atoms with Gasteiger partial charge in [0.2, 0.25) is 0 Å². The molecular weight excluding hydrogens is 420 g/mol. The van der Waals surface area contributed by atoms with E-state index < -0.39 is 9.84 Å². The first-order valence-corrected chi connectivity index (χ1v) is 13.2. The van der Waals surface area contributed by atoms with Crippen molar-refractivity contribution in [3.05, 3.63) is 66.0 Å². The fraction of sp³-hybridized carbons (Fsp3) is 0.360. The molecule has 4 aromatic rings. The van der Waals surface area contributed by atoms with Crippen molar-refractivity contribution in [2.24, 2.45) is 0 Å². The van der Waals surface area contributed by atoms with Gasteiger partial charge in [-0.1, -0.05) is 50.1 Å². The highest BCUT2D eigenvalue weighted by Crippen LogP contribution is 2.34. The van der Waals surface area contributed by atoms with Gasteiger partial charge in [-0.05, 0) is 43.0 Å². The second-order valence-electron chi connectivity index (χ2n) is 8.69. The molecule has 6 nitrogen and oxygen atoms in total. The summed E-state index contributed by atoms with van der Waals surface area (Å²) in [6.07, 6.45) is 9.00. The number of hydrogen-bond donors (Lipinski definition) is 0. The Balaban J connectivity index is 1.49. The molecule has 2 aromatic carbocycles. The monoisotopic (exact) mass is 448 g/mol. The quantitative estimate of drug-likeness (QED) is 0.415. The molecule has 0 saturated heterocycles. The minimum atomic E-state index is -3.29. The van der Waals surface area contributed by atoms with Crippen LogP contribution in [0.1, 0.15) is 49.9 Å². The van der Waals surface area contributed by atoms with Gasteiger partial charge in [-0.3, -0.25) is 9.36 Å².